The van der Waals surface area contributed by atoms with Crippen molar-refractivity contribution in [2.45, 2.75) is 45.1 Å². The second-order valence-electron chi connectivity index (χ2n) is 10.3. The molecule has 4 aromatic carbocycles. The second kappa shape index (κ2) is 12.8. The summed E-state index contributed by atoms with van der Waals surface area (Å²) in [5.74, 6) is 3.02. The van der Waals surface area contributed by atoms with Crippen LogP contribution in [0.2, 0.25) is 0 Å². The van der Waals surface area contributed by atoms with Gasteiger partial charge in [0.25, 0.3) is 0 Å². The molecule has 6 nitrogen and oxygen atoms in total. The van der Waals surface area contributed by atoms with Crippen molar-refractivity contribution in [3.63, 3.8) is 0 Å². The van der Waals surface area contributed by atoms with Gasteiger partial charge < -0.3 is 18.9 Å². The minimum Gasteiger partial charge on any atom is -0.494 e. The Bertz CT molecular complexity index is 1580. The van der Waals surface area contributed by atoms with Crippen molar-refractivity contribution in [2.24, 2.45) is 5.10 Å². The van der Waals surface area contributed by atoms with Crippen molar-refractivity contribution in [3.8, 4) is 23.0 Å². The van der Waals surface area contributed by atoms with E-state index in [2.05, 4.69) is 62.0 Å². The molecule has 6 rings (SSSR count). The number of nitrogens with zero attached hydrogens (tertiary/aromatic N) is 2. The Hall–Kier alpha value is -3.49. The summed E-state index contributed by atoms with van der Waals surface area (Å²) >= 11 is 7.40. The zero-order valence-electron chi connectivity index (χ0n) is 23.6. The molecule has 4 aromatic rings. The Labute approximate surface area is 263 Å². The molecule has 0 N–H and O–H groups in total. The number of hydrazone groups is 1. The molecule has 2 aliphatic heterocycles. The lowest BCUT2D eigenvalue weighted by Crippen LogP contribution is -2.34. The third-order valence-electron chi connectivity index (χ3n) is 7.47. The summed E-state index contributed by atoms with van der Waals surface area (Å²) in [4.78, 5) is 0. The van der Waals surface area contributed by atoms with Crippen LogP contribution in [0.5, 0.6) is 23.0 Å². The molecule has 0 spiro atoms. The molecule has 2 aliphatic rings. The van der Waals surface area contributed by atoms with Crippen molar-refractivity contribution in [1.29, 1.82) is 0 Å². The van der Waals surface area contributed by atoms with Crippen LogP contribution in [-0.2, 0) is 6.61 Å². The van der Waals surface area contributed by atoms with Gasteiger partial charge in [0.2, 0.25) is 6.23 Å². The maximum Gasteiger partial charge on any atom is 0.214 e. The molecular weight excluding hydrogens is 660 g/mol. The smallest absolute Gasteiger partial charge is 0.214 e. The predicted octanol–water partition coefficient (Wildman–Crippen LogP) is 9.22. The van der Waals surface area contributed by atoms with Crippen molar-refractivity contribution in [1.82, 2.24) is 5.01 Å². The summed E-state index contributed by atoms with van der Waals surface area (Å²) in [5, 5.41) is 7.21. The second-order valence-corrected chi connectivity index (χ2v) is 12.1. The first-order valence-corrected chi connectivity index (χ1v) is 15.7. The highest BCUT2D eigenvalue weighted by molar-refractivity contribution is 9.11. The summed E-state index contributed by atoms with van der Waals surface area (Å²) in [5.41, 5.74) is 5.18. The number of methoxy groups -OCH3 is 1. The highest BCUT2D eigenvalue weighted by Gasteiger charge is 2.42. The van der Waals surface area contributed by atoms with Crippen LogP contribution >= 0.6 is 31.9 Å². The number of halogens is 2. The maximum atomic E-state index is 6.68. The first-order valence-electron chi connectivity index (χ1n) is 14.1. The van der Waals surface area contributed by atoms with Gasteiger partial charge in [-0.15, -0.1) is 0 Å². The highest BCUT2D eigenvalue weighted by atomic mass is 79.9. The first kappa shape index (κ1) is 28.6. The number of fused-ring (bicyclic) bond motifs is 3. The molecule has 0 amide bonds. The third kappa shape index (κ3) is 6.01. The van der Waals surface area contributed by atoms with E-state index in [0.29, 0.717) is 18.1 Å². The van der Waals surface area contributed by atoms with Crippen LogP contribution in [0.15, 0.2) is 99.0 Å². The van der Waals surface area contributed by atoms with Crippen LogP contribution in [0, 0.1) is 0 Å². The molecule has 216 valence electrons. The van der Waals surface area contributed by atoms with Gasteiger partial charge in [0, 0.05) is 22.0 Å². The Kier molecular flexibility index (Phi) is 8.72. The van der Waals surface area contributed by atoms with Gasteiger partial charge in [-0.25, -0.2) is 5.01 Å². The quantitative estimate of drug-likeness (QED) is 0.155. The van der Waals surface area contributed by atoms with Crippen molar-refractivity contribution in [2.75, 3.05) is 13.7 Å². The number of hydrogen-bond donors (Lipinski definition) is 0. The van der Waals surface area contributed by atoms with Gasteiger partial charge >= 0.3 is 0 Å². The lowest BCUT2D eigenvalue weighted by molar-refractivity contribution is -0.0198. The van der Waals surface area contributed by atoms with E-state index in [9.17, 15) is 0 Å². The summed E-state index contributed by atoms with van der Waals surface area (Å²) in [6.45, 7) is 3.34. The minimum absolute atomic E-state index is 0.00281. The van der Waals surface area contributed by atoms with Crippen molar-refractivity contribution >= 4 is 37.6 Å². The molecule has 0 saturated carbocycles. The molecule has 8 heteroatoms. The monoisotopic (exact) mass is 690 g/mol. The van der Waals surface area contributed by atoms with Crippen molar-refractivity contribution in [3.05, 3.63) is 116 Å². The van der Waals surface area contributed by atoms with Gasteiger partial charge in [-0.1, -0.05) is 59.6 Å². The maximum absolute atomic E-state index is 6.68. The first-order chi connectivity index (χ1) is 20.5. The van der Waals surface area contributed by atoms with E-state index in [-0.39, 0.29) is 6.04 Å². The molecule has 0 radical (unpaired) electrons. The molecule has 0 fully saturated rings. The van der Waals surface area contributed by atoms with Crippen LogP contribution in [-0.4, -0.2) is 24.4 Å². The van der Waals surface area contributed by atoms with Gasteiger partial charge in [0.1, 0.15) is 18.1 Å². The van der Waals surface area contributed by atoms with Crippen LogP contribution in [0.3, 0.4) is 0 Å². The zero-order chi connectivity index (χ0) is 29.1. The lowest BCUT2D eigenvalue weighted by atomic mass is 9.96. The summed E-state index contributed by atoms with van der Waals surface area (Å²) in [6, 6.07) is 28.4. The Morgan fingerprint density at radius 1 is 0.929 bits per heavy atom. The van der Waals surface area contributed by atoms with Gasteiger partial charge in [-0.3, -0.25) is 0 Å². The highest BCUT2D eigenvalue weighted by Crippen LogP contribution is 2.51. The molecule has 2 atom stereocenters. The molecule has 0 saturated heterocycles. The standard InChI is InChI=1S/C34H32Br2N2O4/c1-3-4-16-40-26-13-10-23(11-14-26)29-20-30-27-18-25(35)19-28(36)33(27)42-34(38(30)37-29)24-12-15-31(32(17-24)39-2)41-21-22-8-6-5-7-9-22/h5-15,17-19,30,34H,3-4,16,20-21H2,1-2H3. The predicted molar refractivity (Wildman–Crippen MR) is 172 cm³/mol. The number of hydrogen-bond acceptors (Lipinski definition) is 6. The average Bonchev–Trinajstić information content (AvgIpc) is 3.47. The number of benzene rings is 4. The van der Waals surface area contributed by atoms with Gasteiger partial charge in [-0.05, 0) is 88.1 Å². The number of ether oxygens (including phenoxy) is 4. The van der Waals surface area contributed by atoms with Crippen LogP contribution in [0.1, 0.15) is 60.7 Å². The van der Waals surface area contributed by atoms with Crippen LogP contribution in [0.4, 0.5) is 0 Å². The van der Waals surface area contributed by atoms with E-state index in [1.165, 1.54) is 0 Å². The normalized spacial score (nSPS) is 17.1. The third-order valence-corrected chi connectivity index (χ3v) is 8.52. The lowest BCUT2D eigenvalue weighted by Gasteiger charge is -2.38. The SMILES string of the molecule is CCCCOc1ccc(C2=NN3C(C2)c2cc(Br)cc(Br)c2OC3c2ccc(OCc3ccccc3)c(OC)c2)cc1. The number of rotatable bonds is 10. The van der Waals surface area contributed by atoms with E-state index in [1.807, 2.05) is 66.7 Å². The average molecular weight is 692 g/mol. The van der Waals surface area contributed by atoms with E-state index >= 15 is 0 Å². The number of unbranched alkanes of at least 4 members (excludes halogenated alkanes) is 1. The van der Waals surface area contributed by atoms with E-state index in [1.54, 1.807) is 7.11 Å². The molecule has 2 heterocycles. The molecule has 0 bridgehead atoms. The van der Waals surface area contributed by atoms with Crippen LogP contribution in [0.25, 0.3) is 0 Å². The summed E-state index contributed by atoms with van der Waals surface area (Å²) in [7, 11) is 1.66. The molecule has 2 unspecified atom stereocenters. The Morgan fingerprint density at radius 3 is 2.50 bits per heavy atom. The van der Waals surface area contributed by atoms with Crippen LogP contribution < -0.4 is 18.9 Å². The van der Waals surface area contributed by atoms with E-state index in [4.69, 9.17) is 24.0 Å². The Morgan fingerprint density at radius 2 is 1.74 bits per heavy atom. The summed E-state index contributed by atoms with van der Waals surface area (Å²) < 4.78 is 26.3. The fraction of sp³-hybridized carbons (Fsp3) is 0.265. The van der Waals surface area contributed by atoms with Crippen molar-refractivity contribution < 1.29 is 18.9 Å². The Balaban J connectivity index is 1.31. The largest absolute Gasteiger partial charge is 0.494 e. The zero-order valence-corrected chi connectivity index (χ0v) is 26.7. The van der Waals surface area contributed by atoms with E-state index < -0.39 is 6.23 Å². The van der Waals surface area contributed by atoms with Gasteiger partial charge in [0.05, 0.1) is 29.9 Å². The summed E-state index contributed by atoms with van der Waals surface area (Å²) in [6.07, 6.45) is 2.45. The molecular formula is C34H32Br2N2O4. The molecule has 42 heavy (non-hydrogen) atoms. The van der Waals surface area contributed by atoms with Gasteiger partial charge in [-0.2, -0.15) is 5.10 Å². The molecule has 0 aliphatic carbocycles. The molecule has 0 aromatic heterocycles. The fourth-order valence-electron chi connectivity index (χ4n) is 5.28. The van der Waals surface area contributed by atoms with E-state index in [0.717, 1.165) is 74.3 Å². The topological polar surface area (TPSA) is 52.5 Å². The van der Waals surface area contributed by atoms with Gasteiger partial charge in [0.15, 0.2) is 11.5 Å². The minimum atomic E-state index is -0.453. The fourth-order valence-corrected chi connectivity index (χ4v) is 6.63.